The van der Waals surface area contributed by atoms with Gasteiger partial charge in [-0.05, 0) is 24.1 Å². The number of amides is 1. The fourth-order valence-electron chi connectivity index (χ4n) is 1.54. The normalized spacial score (nSPS) is 12.1. The Labute approximate surface area is 108 Å². The molecule has 1 aromatic heterocycles. The minimum atomic E-state index is -0.805. The lowest BCUT2D eigenvalue weighted by molar-refractivity contribution is -0.117. The van der Waals surface area contributed by atoms with Crippen LogP contribution >= 0.6 is 0 Å². The van der Waals surface area contributed by atoms with Crippen molar-refractivity contribution in [3.05, 3.63) is 36.1 Å². The number of phenolic OH excluding ortho intramolecular Hbond substituents is 2. The number of benzene rings is 1. The summed E-state index contributed by atoms with van der Waals surface area (Å²) in [7, 11) is 0. The van der Waals surface area contributed by atoms with Crippen molar-refractivity contribution >= 4 is 11.7 Å². The molecule has 2 rings (SSSR count). The van der Waals surface area contributed by atoms with E-state index in [1.165, 1.54) is 24.5 Å². The van der Waals surface area contributed by atoms with Crippen LogP contribution in [-0.2, 0) is 11.2 Å². The molecule has 0 saturated heterocycles. The number of nitrogens with two attached hydrogens (primary N) is 1. The Hall–Kier alpha value is -2.54. The fourth-order valence-corrected chi connectivity index (χ4v) is 1.54. The molecule has 0 aliphatic heterocycles. The average Bonchev–Trinajstić information content (AvgIpc) is 2.86. The molecule has 0 bridgehead atoms. The summed E-state index contributed by atoms with van der Waals surface area (Å²) in [6.45, 7) is 0. The highest BCUT2D eigenvalue weighted by atomic mass is 16.5. The standard InChI is InChI=1S/C12H13N3O4/c13-8(12(18)14-11-3-4-19-15-11)5-7-1-2-9(16)10(17)6-7/h1-4,6,8,16-17H,5,13H2,(H,14,15,18)/t8-/m0/s1. The fraction of sp³-hybridized carbons (Fsp3) is 0.167. The van der Waals surface area contributed by atoms with Gasteiger partial charge in [-0.2, -0.15) is 0 Å². The third-order valence-corrected chi connectivity index (χ3v) is 2.52. The summed E-state index contributed by atoms with van der Waals surface area (Å²) in [5.74, 6) is -0.596. The molecule has 1 aromatic carbocycles. The zero-order valence-electron chi connectivity index (χ0n) is 9.91. The number of aromatic hydroxyl groups is 2. The van der Waals surface area contributed by atoms with Crippen molar-refractivity contribution in [3.63, 3.8) is 0 Å². The molecule has 2 aromatic rings. The van der Waals surface area contributed by atoms with Crippen molar-refractivity contribution in [2.75, 3.05) is 5.32 Å². The van der Waals surface area contributed by atoms with Gasteiger partial charge in [0.25, 0.3) is 0 Å². The summed E-state index contributed by atoms with van der Waals surface area (Å²) < 4.78 is 4.58. The van der Waals surface area contributed by atoms with E-state index in [-0.39, 0.29) is 23.7 Å². The molecule has 0 spiro atoms. The van der Waals surface area contributed by atoms with Crippen LogP contribution in [0.1, 0.15) is 5.56 Å². The molecule has 0 aliphatic rings. The van der Waals surface area contributed by atoms with Crippen LogP contribution < -0.4 is 11.1 Å². The second kappa shape index (κ2) is 5.40. The summed E-state index contributed by atoms with van der Waals surface area (Å²) >= 11 is 0. The van der Waals surface area contributed by atoms with E-state index in [0.29, 0.717) is 5.56 Å². The summed E-state index contributed by atoms with van der Waals surface area (Å²) in [5, 5.41) is 24.5. The summed E-state index contributed by atoms with van der Waals surface area (Å²) in [6, 6.07) is 4.97. The third-order valence-electron chi connectivity index (χ3n) is 2.52. The summed E-state index contributed by atoms with van der Waals surface area (Å²) in [4.78, 5) is 11.7. The first-order chi connectivity index (χ1) is 9.06. The lowest BCUT2D eigenvalue weighted by Gasteiger charge is -2.11. The zero-order valence-corrected chi connectivity index (χ0v) is 9.91. The number of phenols is 2. The molecule has 0 fully saturated rings. The third kappa shape index (κ3) is 3.23. The molecule has 7 heteroatoms. The van der Waals surface area contributed by atoms with Gasteiger partial charge >= 0.3 is 0 Å². The SMILES string of the molecule is N[C@@H](Cc1ccc(O)c(O)c1)C(=O)Nc1ccon1. The highest BCUT2D eigenvalue weighted by Crippen LogP contribution is 2.25. The molecule has 100 valence electrons. The quantitative estimate of drug-likeness (QED) is 0.599. The van der Waals surface area contributed by atoms with Crippen LogP contribution in [0.3, 0.4) is 0 Å². The Bertz CT molecular complexity index is 568. The van der Waals surface area contributed by atoms with Gasteiger partial charge in [-0.3, -0.25) is 4.79 Å². The van der Waals surface area contributed by atoms with Crippen molar-refractivity contribution in [1.29, 1.82) is 0 Å². The molecular formula is C12H13N3O4. The molecule has 0 aliphatic carbocycles. The van der Waals surface area contributed by atoms with Crippen LogP contribution in [0.25, 0.3) is 0 Å². The number of rotatable bonds is 4. The van der Waals surface area contributed by atoms with Crippen molar-refractivity contribution in [2.45, 2.75) is 12.5 Å². The molecule has 1 heterocycles. The predicted octanol–water partition coefficient (Wildman–Crippen LogP) is 0.594. The van der Waals surface area contributed by atoms with Gasteiger partial charge in [0.15, 0.2) is 17.3 Å². The number of aromatic nitrogens is 1. The van der Waals surface area contributed by atoms with E-state index < -0.39 is 11.9 Å². The Kier molecular flexibility index (Phi) is 3.67. The van der Waals surface area contributed by atoms with Gasteiger partial charge in [-0.25, -0.2) is 0 Å². The van der Waals surface area contributed by atoms with E-state index in [2.05, 4.69) is 15.0 Å². The van der Waals surface area contributed by atoms with E-state index >= 15 is 0 Å². The van der Waals surface area contributed by atoms with Crippen LogP contribution in [0.15, 0.2) is 35.1 Å². The smallest absolute Gasteiger partial charge is 0.242 e. The Morgan fingerprint density at radius 3 is 2.79 bits per heavy atom. The number of carbonyl (C=O) groups is 1. The minimum Gasteiger partial charge on any atom is -0.504 e. The topological polar surface area (TPSA) is 122 Å². The Morgan fingerprint density at radius 2 is 2.16 bits per heavy atom. The van der Waals surface area contributed by atoms with E-state index in [9.17, 15) is 15.0 Å². The van der Waals surface area contributed by atoms with Crippen LogP contribution in [0, 0.1) is 0 Å². The molecule has 1 atom stereocenters. The first-order valence-corrected chi connectivity index (χ1v) is 5.54. The van der Waals surface area contributed by atoms with Gasteiger partial charge in [0.1, 0.15) is 6.26 Å². The molecule has 0 unspecified atom stereocenters. The number of hydrogen-bond donors (Lipinski definition) is 4. The summed E-state index contributed by atoms with van der Waals surface area (Å²) in [6.07, 6.45) is 1.55. The van der Waals surface area contributed by atoms with Gasteiger partial charge in [0, 0.05) is 6.07 Å². The molecule has 7 nitrogen and oxygen atoms in total. The zero-order chi connectivity index (χ0) is 13.8. The second-order valence-corrected chi connectivity index (χ2v) is 4.01. The van der Waals surface area contributed by atoms with Gasteiger partial charge in [0.2, 0.25) is 5.91 Å². The van der Waals surface area contributed by atoms with Gasteiger partial charge in [-0.1, -0.05) is 11.2 Å². The van der Waals surface area contributed by atoms with E-state index in [1.54, 1.807) is 6.07 Å². The number of nitrogens with zero attached hydrogens (tertiary/aromatic N) is 1. The highest BCUT2D eigenvalue weighted by molar-refractivity contribution is 5.93. The van der Waals surface area contributed by atoms with E-state index in [1.807, 2.05) is 0 Å². The van der Waals surface area contributed by atoms with Crippen LogP contribution in [-0.4, -0.2) is 27.3 Å². The van der Waals surface area contributed by atoms with Crippen molar-refractivity contribution in [1.82, 2.24) is 5.16 Å². The van der Waals surface area contributed by atoms with Gasteiger partial charge < -0.3 is 25.8 Å². The predicted molar refractivity (Wildman–Crippen MR) is 66.6 cm³/mol. The van der Waals surface area contributed by atoms with Gasteiger partial charge in [-0.15, -0.1) is 0 Å². The molecule has 0 saturated carbocycles. The van der Waals surface area contributed by atoms with E-state index in [0.717, 1.165) is 0 Å². The maximum absolute atomic E-state index is 11.7. The second-order valence-electron chi connectivity index (χ2n) is 4.01. The van der Waals surface area contributed by atoms with E-state index in [4.69, 9.17) is 5.73 Å². The maximum Gasteiger partial charge on any atom is 0.242 e. The lowest BCUT2D eigenvalue weighted by Crippen LogP contribution is -2.37. The minimum absolute atomic E-state index is 0.218. The average molecular weight is 263 g/mol. The number of hydrogen-bond acceptors (Lipinski definition) is 6. The van der Waals surface area contributed by atoms with Crippen molar-refractivity contribution in [2.24, 2.45) is 5.73 Å². The first kappa shape index (κ1) is 12.9. The monoisotopic (exact) mass is 263 g/mol. The first-order valence-electron chi connectivity index (χ1n) is 5.54. The number of anilines is 1. The molecule has 0 radical (unpaired) electrons. The Morgan fingerprint density at radius 1 is 1.37 bits per heavy atom. The molecule has 5 N–H and O–H groups in total. The maximum atomic E-state index is 11.7. The van der Waals surface area contributed by atoms with Crippen LogP contribution in [0.4, 0.5) is 5.82 Å². The van der Waals surface area contributed by atoms with Crippen LogP contribution in [0.5, 0.6) is 11.5 Å². The number of nitrogens with one attached hydrogen (secondary N) is 1. The molecule has 19 heavy (non-hydrogen) atoms. The lowest BCUT2D eigenvalue weighted by atomic mass is 10.1. The highest BCUT2D eigenvalue weighted by Gasteiger charge is 2.16. The molecule has 1 amide bonds. The number of carbonyl (C=O) groups excluding carboxylic acids is 1. The summed E-state index contributed by atoms with van der Waals surface area (Å²) in [5.41, 5.74) is 6.38. The Balaban J connectivity index is 1.98. The molecular weight excluding hydrogens is 250 g/mol. The van der Waals surface area contributed by atoms with Gasteiger partial charge in [0.05, 0.1) is 6.04 Å². The van der Waals surface area contributed by atoms with Crippen molar-refractivity contribution in [3.8, 4) is 11.5 Å². The van der Waals surface area contributed by atoms with Crippen molar-refractivity contribution < 1.29 is 19.5 Å². The van der Waals surface area contributed by atoms with Crippen LogP contribution in [0.2, 0.25) is 0 Å². The largest absolute Gasteiger partial charge is 0.504 e.